The number of nitrogens with zero attached hydrogens (tertiary/aromatic N) is 1. The minimum atomic E-state index is 0.370. The van der Waals surface area contributed by atoms with Gasteiger partial charge in [-0.25, -0.2) is 4.98 Å². The van der Waals surface area contributed by atoms with Crippen molar-refractivity contribution in [3.8, 4) is 11.6 Å². The van der Waals surface area contributed by atoms with Crippen LogP contribution in [0.1, 0.15) is 5.56 Å². The van der Waals surface area contributed by atoms with E-state index in [2.05, 4.69) is 20.9 Å². The number of pyridine rings is 1. The summed E-state index contributed by atoms with van der Waals surface area (Å²) < 4.78 is 6.52. The lowest BCUT2D eigenvalue weighted by Crippen LogP contribution is -2.01. The topological polar surface area (TPSA) is 48.1 Å². The lowest BCUT2D eigenvalue weighted by Gasteiger charge is -2.09. The summed E-state index contributed by atoms with van der Waals surface area (Å²) in [5, 5.41) is 0.667. The van der Waals surface area contributed by atoms with Crippen LogP contribution in [-0.2, 0) is 6.54 Å². The van der Waals surface area contributed by atoms with Crippen molar-refractivity contribution < 1.29 is 4.74 Å². The molecule has 1 heterocycles. The van der Waals surface area contributed by atoms with E-state index >= 15 is 0 Å². The van der Waals surface area contributed by atoms with E-state index in [1.807, 2.05) is 6.07 Å². The SMILES string of the molecule is NCc1cc(Br)cnc1Oc1ccc(Cl)cc1. The Kier molecular flexibility index (Phi) is 3.99. The first-order valence-electron chi connectivity index (χ1n) is 4.97. The zero-order valence-electron chi connectivity index (χ0n) is 8.86. The van der Waals surface area contributed by atoms with E-state index in [0.29, 0.717) is 23.2 Å². The van der Waals surface area contributed by atoms with Crippen molar-refractivity contribution in [1.29, 1.82) is 0 Å². The summed E-state index contributed by atoms with van der Waals surface area (Å²) in [7, 11) is 0. The van der Waals surface area contributed by atoms with E-state index in [1.54, 1.807) is 30.5 Å². The molecule has 0 unspecified atom stereocenters. The highest BCUT2D eigenvalue weighted by atomic mass is 79.9. The van der Waals surface area contributed by atoms with Gasteiger partial charge in [-0.05, 0) is 46.3 Å². The minimum Gasteiger partial charge on any atom is -0.439 e. The molecule has 0 radical (unpaired) electrons. The molecule has 0 atom stereocenters. The summed E-state index contributed by atoms with van der Waals surface area (Å²) in [6.07, 6.45) is 1.67. The normalized spacial score (nSPS) is 10.3. The van der Waals surface area contributed by atoms with Crippen molar-refractivity contribution in [1.82, 2.24) is 4.98 Å². The van der Waals surface area contributed by atoms with Crippen molar-refractivity contribution in [2.45, 2.75) is 6.54 Å². The van der Waals surface area contributed by atoms with E-state index in [-0.39, 0.29) is 0 Å². The molecule has 88 valence electrons. The van der Waals surface area contributed by atoms with Gasteiger partial charge in [0.2, 0.25) is 5.88 Å². The molecule has 1 aromatic carbocycles. The second kappa shape index (κ2) is 5.49. The Hall–Kier alpha value is -1.10. The molecule has 2 aromatic rings. The first-order valence-corrected chi connectivity index (χ1v) is 6.14. The molecule has 0 bridgehead atoms. The van der Waals surface area contributed by atoms with Crippen LogP contribution in [0.25, 0.3) is 0 Å². The number of hydrogen-bond acceptors (Lipinski definition) is 3. The first-order chi connectivity index (χ1) is 8.19. The summed E-state index contributed by atoms with van der Waals surface area (Å²) in [6, 6.07) is 8.98. The Morgan fingerprint density at radius 1 is 1.29 bits per heavy atom. The summed E-state index contributed by atoms with van der Waals surface area (Å²) >= 11 is 9.14. The third-order valence-electron chi connectivity index (χ3n) is 2.14. The molecule has 0 saturated heterocycles. The molecule has 0 aliphatic rings. The highest BCUT2D eigenvalue weighted by Gasteiger charge is 2.06. The van der Waals surface area contributed by atoms with Gasteiger partial charge in [-0.2, -0.15) is 0 Å². The fraction of sp³-hybridized carbons (Fsp3) is 0.0833. The number of halogens is 2. The van der Waals surface area contributed by atoms with Crippen LogP contribution in [0.3, 0.4) is 0 Å². The van der Waals surface area contributed by atoms with E-state index < -0.39 is 0 Å². The molecule has 2 N–H and O–H groups in total. The van der Waals surface area contributed by atoms with Crippen LogP contribution in [0.5, 0.6) is 11.6 Å². The molecule has 2 rings (SSSR count). The van der Waals surface area contributed by atoms with Gasteiger partial charge in [0.15, 0.2) is 0 Å². The Labute approximate surface area is 113 Å². The Bertz CT molecular complexity index is 516. The summed E-state index contributed by atoms with van der Waals surface area (Å²) in [5.74, 6) is 1.19. The second-order valence-corrected chi connectivity index (χ2v) is 4.73. The quantitative estimate of drug-likeness (QED) is 0.939. The molecule has 0 fully saturated rings. The third kappa shape index (κ3) is 3.19. The van der Waals surface area contributed by atoms with Gasteiger partial charge < -0.3 is 10.5 Å². The predicted octanol–water partition coefficient (Wildman–Crippen LogP) is 3.75. The van der Waals surface area contributed by atoms with Gasteiger partial charge in [-0.1, -0.05) is 11.6 Å². The lowest BCUT2D eigenvalue weighted by atomic mass is 10.3. The van der Waals surface area contributed by atoms with Gasteiger partial charge in [0, 0.05) is 27.8 Å². The molecule has 17 heavy (non-hydrogen) atoms. The van der Waals surface area contributed by atoms with Crippen molar-refractivity contribution in [2.75, 3.05) is 0 Å². The van der Waals surface area contributed by atoms with E-state index in [0.717, 1.165) is 10.0 Å². The van der Waals surface area contributed by atoms with Crippen LogP contribution in [0, 0.1) is 0 Å². The zero-order chi connectivity index (χ0) is 12.3. The Balaban J connectivity index is 2.26. The van der Waals surface area contributed by atoms with Crippen LogP contribution >= 0.6 is 27.5 Å². The van der Waals surface area contributed by atoms with E-state index in [1.165, 1.54) is 0 Å². The maximum Gasteiger partial charge on any atom is 0.223 e. The number of aromatic nitrogens is 1. The third-order valence-corrected chi connectivity index (χ3v) is 2.83. The van der Waals surface area contributed by atoms with Crippen molar-refractivity contribution in [3.63, 3.8) is 0 Å². The smallest absolute Gasteiger partial charge is 0.223 e. The van der Waals surface area contributed by atoms with Crippen LogP contribution in [0.15, 0.2) is 41.0 Å². The number of benzene rings is 1. The number of nitrogens with two attached hydrogens (primary N) is 1. The van der Waals surface area contributed by atoms with Crippen LogP contribution < -0.4 is 10.5 Å². The minimum absolute atomic E-state index is 0.370. The molecule has 0 spiro atoms. The van der Waals surface area contributed by atoms with Gasteiger partial charge in [0.25, 0.3) is 0 Å². The monoisotopic (exact) mass is 312 g/mol. The number of hydrogen-bond donors (Lipinski definition) is 1. The maximum atomic E-state index is 5.80. The average Bonchev–Trinajstić information content (AvgIpc) is 2.34. The molecule has 3 nitrogen and oxygen atoms in total. The highest BCUT2D eigenvalue weighted by molar-refractivity contribution is 9.10. The van der Waals surface area contributed by atoms with Gasteiger partial charge >= 0.3 is 0 Å². The van der Waals surface area contributed by atoms with Crippen LogP contribution in [-0.4, -0.2) is 4.98 Å². The Morgan fingerprint density at radius 3 is 2.65 bits per heavy atom. The molecule has 0 aliphatic carbocycles. The van der Waals surface area contributed by atoms with Crippen molar-refractivity contribution >= 4 is 27.5 Å². The van der Waals surface area contributed by atoms with Crippen LogP contribution in [0.4, 0.5) is 0 Å². The van der Waals surface area contributed by atoms with Crippen molar-refractivity contribution in [2.24, 2.45) is 5.73 Å². The fourth-order valence-corrected chi connectivity index (χ4v) is 1.83. The number of rotatable bonds is 3. The summed E-state index contributed by atoms with van der Waals surface area (Å²) in [6.45, 7) is 0.370. The molecule has 0 saturated carbocycles. The summed E-state index contributed by atoms with van der Waals surface area (Å²) in [5.41, 5.74) is 6.48. The average molecular weight is 314 g/mol. The standard InChI is InChI=1S/C12H10BrClN2O/c13-9-5-8(6-15)12(16-7-9)17-11-3-1-10(14)2-4-11/h1-5,7H,6,15H2. The largest absolute Gasteiger partial charge is 0.439 e. The van der Waals surface area contributed by atoms with Gasteiger partial charge in [0.1, 0.15) is 5.75 Å². The molecule has 0 aliphatic heterocycles. The van der Waals surface area contributed by atoms with Gasteiger partial charge in [-0.3, -0.25) is 0 Å². The van der Waals surface area contributed by atoms with E-state index in [4.69, 9.17) is 22.1 Å². The van der Waals surface area contributed by atoms with E-state index in [9.17, 15) is 0 Å². The van der Waals surface area contributed by atoms with Gasteiger partial charge in [0.05, 0.1) is 0 Å². The molecule has 0 amide bonds. The molecule has 5 heteroatoms. The molecular weight excluding hydrogens is 304 g/mol. The number of ether oxygens (including phenoxy) is 1. The molecule has 1 aromatic heterocycles. The summed E-state index contributed by atoms with van der Waals surface area (Å²) in [4.78, 5) is 4.18. The first kappa shape index (κ1) is 12.4. The fourth-order valence-electron chi connectivity index (χ4n) is 1.32. The highest BCUT2D eigenvalue weighted by Crippen LogP contribution is 2.26. The maximum absolute atomic E-state index is 5.80. The second-order valence-electron chi connectivity index (χ2n) is 3.38. The molecular formula is C12H10BrClN2O. The van der Waals surface area contributed by atoms with Gasteiger partial charge in [-0.15, -0.1) is 0 Å². The lowest BCUT2D eigenvalue weighted by molar-refractivity contribution is 0.456. The predicted molar refractivity (Wildman–Crippen MR) is 71.4 cm³/mol. The Morgan fingerprint density at radius 2 is 2.00 bits per heavy atom. The van der Waals surface area contributed by atoms with Crippen molar-refractivity contribution in [3.05, 3.63) is 51.6 Å². The zero-order valence-corrected chi connectivity index (χ0v) is 11.2. The van der Waals surface area contributed by atoms with Crippen LogP contribution in [0.2, 0.25) is 5.02 Å².